The van der Waals surface area contributed by atoms with Crippen molar-refractivity contribution in [1.82, 2.24) is 4.98 Å². The van der Waals surface area contributed by atoms with Gasteiger partial charge in [-0.05, 0) is 49.2 Å². The summed E-state index contributed by atoms with van der Waals surface area (Å²) in [5, 5.41) is 9.26. The van der Waals surface area contributed by atoms with Crippen LogP contribution in [0.1, 0.15) is 44.4 Å². The standard InChI is InChI=1S/C21H21N3O3S/c1-4-27-16-8-6-15(7-9-16)24-19(25)11-18(21(24)26)28-20-14(12-22)5-10-17(23-20)13(2)3/h5-10,13,18H,4,11H2,1-3H3/t18-/m0/s1. The van der Waals surface area contributed by atoms with E-state index in [1.807, 2.05) is 26.8 Å². The van der Waals surface area contributed by atoms with Crippen LogP contribution in [0.4, 0.5) is 5.69 Å². The van der Waals surface area contributed by atoms with Crippen LogP contribution in [-0.2, 0) is 9.59 Å². The largest absolute Gasteiger partial charge is 0.494 e. The number of hydrogen-bond donors (Lipinski definition) is 0. The summed E-state index contributed by atoms with van der Waals surface area (Å²) in [5.74, 6) is 0.336. The molecule has 3 rings (SSSR count). The van der Waals surface area contributed by atoms with Gasteiger partial charge >= 0.3 is 0 Å². The molecule has 0 N–H and O–H groups in total. The molecule has 28 heavy (non-hydrogen) atoms. The van der Waals surface area contributed by atoms with Gasteiger partial charge in [-0.1, -0.05) is 25.6 Å². The number of carbonyl (C=O) groups is 2. The molecule has 1 aromatic heterocycles. The topological polar surface area (TPSA) is 83.3 Å². The van der Waals surface area contributed by atoms with Gasteiger partial charge in [0.15, 0.2) is 0 Å². The Morgan fingerprint density at radius 2 is 1.96 bits per heavy atom. The molecule has 2 amide bonds. The predicted molar refractivity (Wildman–Crippen MR) is 107 cm³/mol. The van der Waals surface area contributed by atoms with Crippen LogP contribution in [0, 0.1) is 11.3 Å². The Bertz CT molecular complexity index is 935. The van der Waals surface area contributed by atoms with Gasteiger partial charge in [0.2, 0.25) is 11.8 Å². The third kappa shape index (κ3) is 4.02. The van der Waals surface area contributed by atoms with E-state index < -0.39 is 5.25 Å². The molecule has 0 radical (unpaired) electrons. The van der Waals surface area contributed by atoms with E-state index in [2.05, 4.69) is 11.1 Å². The molecule has 1 atom stereocenters. The monoisotopic (exact) mass is 395 g/mol. The van der Waals surface area contributed by atoms with Crippen LogP contribution in [0.2, 0.25) is 0 Å². The van der Waals surface area contributed by atoms with Crippen molar-refractivity contribution in [2.24, 2.45) is 0 Å². The molecule has 2 heterocycles. The minimum Gasteiger partial charge on any atom is -0.494 e. The molecule has 0 aliphatic carbocycles. The maximum absolute atomic E-state index is 12.9. The molecule has 6 nitrogen and oxygen atoms in total. The summed E-state index contributed by atoms with van der Waals surface area (Å²) in [6.07, 6.45) is 0.0785. The summed E-state index contributed by atoms with van der Waals surface area (Å²) in [7, 11) is 0. The van der Waals surface area contributed by atoms with Crippen molar-refractivity contribution in [3.05, 3.63) is 47.7 Å². The lowest BCUT2D eigenvalue weighted by atomic mass is 10.1. The average Bonchev–Trinajstić information content (AvgIpc) is 2.96. The van der Waals surface area contributed by atoms with E-state index >= 15 is 0 Å². The highest BCUT2D eigenvalue weighted by atomic mass is 32.2. The molecule has 144 valence electrons. The SMILES string of the molecule is CCOc1ccc(N2C(=O)C[C@H](Sc3nc(C(C)C)ccc3C#N)C2=O)cc1. The molecule has 1 saturated heterocycles. The number of hydrogen-bond acceptors (Lipinski definition) is 6. The van der Waals surface area contributed by atoms with Gasteiger partial charge in [-0.3, -0.25) is 9.59 Å². The van der Waals surface area contributed by atoms with Crippen molar-refractivity contribution >= 4 is 29.3 Å². The summed E-state index contributed by atoms with van der Waals surface area (Å²) in [4.78, 5) is 31.1. The smallest absolute Gasteiger partial charge is 0.247 e. The van der Waals surface area contributed by atoms with E-state index in [1.54, 1.807) is 30.3 Å². The third-order valence-electron chi connectivity index (χ3n) is 4.36. The Morgan fingerprint density at radius 3 is 2.57 bits per heavy atom. The summed E-state index contributed by atoms with van der Waals surface area (Å²) in [5.41, 5.74) is 1.78. The number of pyridine rings is 1. The van der Waals surface area contributed by atoms with Crippen molar-refractivity contribution < 1.29 is 14.3 Å². The normalized spacial score (nSPS) is 16.5. The summed E-state index contributed by atoms with van der Waals surface area (Å²) in [6.45, 7) is 6.46. The van der Waals surface area contributed by atoms with E-state index in [-0.39, 0.29) is 24.2 Å². The minimum atomic E-state index is -0.596. The fraction of sp³-hybridized carbons (Fsp3) is 0.333. The molecule has 0 spiro atoms. The van der Waals surface area contributed by atoms with Crippen LogP contribution in [-0.4, -0.2) is 28.7 Å². The first-order valence-corrected chi connectivity index (χ1v) is 10.00. The van der Waals surface area contributed by atoms with Gasteiger partial charge in [0.05, 0.1) is 23.1 Å². The van der Waals surface area contributed by atoms with Gasteiger partial charge in [0.25, 0.3) is 0 Å². The fourth-order valence-corrected chi connectivity index (χ4v) is 4.01. The van der Waals surface area contributed by atoms with Crippen LogP contribution in [0.5, 0.6) is 5.75 Å². The summed E-state index contributed by atoms with van der Waals surface area (Å²) in [6, 6.07) is 12.5. The van der Waals surface area contributed by atoms with Crippen LogP contribution < -0.4 is 9.64 Å². The zero-order valence-electron chi connectivity index (χ0n) is 16.0. The van der Waals surface area contributed by atoms with E-state index in [0.717, 1.165) is 5.69 Å². The fourth-order valence-electron chi connectivity index (χ4n) is 2.91. The molecule has 1 aliphatic rings. The molecule has 1 aromatic carbocycles. The van der Waals surface area contributed by atoms with E-state index in [0.29, 0.717) is 28.6 Å². The highest BCUT2D eigenvalue weighted by Crippen LogP contribution is 2.35. The Hall–Kier alpha value is -2.85. The van der Waals surface area contributed by atoms with Crippen LogP contribution in [0.25, 0.3) is 0 Å². The Balaban J connectivity index is 1.82. The lowest BCUT2D eigenvalue weighted by Gasteiger charge is -2.16. The highest BCUT2D eigenvalue weighted by molar-refractivity contribution is 8.00. The van der Waals surface area contributed by atoms with Gasteiger partial charge < -0.3 is 4.74 Å². The molecule has 7 heteroatoms. The first-order chi connectivity index (χ1) is 13.4. The molecule has 2 aromatic rings. The predicted octanol–water partition coefficient (Wildman–Crippen LogP) is 3.90. The summed E-state index contributed by atoms with van der Waals surface area (Å²) >= 11 is 1.19. The van der Waals surface area contributed by atoms with Crippen molar-refractivity contribution in [3.8, 4) is 11.8 Å². The first kappa shape index (κ1) is 19.9. The number of imide groups is 1. The number of benzene rings is 1. The maximum atomic E-state index is 12.9. The molecule has 1 fully saturated rings. The Morgan fingerprint density at radius 1 is 1.25 bits per heavy atom. The van der Waals surface area contributed by atoms with E-state index in [1.165, 1.54) is 16.7 Å². The zero-order chi connectivity index (χ0) is 20.3. The minimum absolute atomic E-state index is 0.0785. The van der Waals surface area contributed by atoms with Crippen molar-refractivity contribution in [3.63, 3.8) is 0 Å². The lowest BCUT2D eigenvalue weighted by Crippen LogP contribution is -2.31. The Labute approximate surface area is 168 Å². The second kappa shape index (κ2) is 8.44. The first-order valence-electron chi connectivity index (χ1n) is 9.12. The number of carbonyl (C=O) groups excluding carboxylic acids is 2. The molecule has 0 saturated carbocycles. The van der Waals surface area contributed by atoms with E-state index in [9.17, 15) is 14.9 Å². The second-order valence-corrected chi connectivity index (χ2v) is 7.85. The van der Waals surface area contributed by atoms with Crippen LogP contribution in [0.3, 0.4) is 0 Å². The third-order valence-corrected chi connectivity index (χ3v) is 5.55. The molecular formula is C21H21N3O3S. The molecule has 0 bridgehead atoms. The average molecular weight is 395 g/mol. The number of anilines is 1. The number of rotatable bonds is 6. The number of aromatic nitrogens is 1. The number of amides is 2. The quantitative estimate of drug-likeness (QED) is 0.690. The van der Waals surface area contributed by atoms with Gasteiger partial charge in [0.1, 0.15) is 16.8 Å². The number of thioether (sulfide) groups is 1. The van der Waals surface area contributed by atoms with Crippen molar-refractivity contribution in [2.45, 2.75) is 43.4 Å². The van der Waals surface area contributed by atoms with Gasteiger partial charge in [-0.15, -0.1) is 0 Å². The van der Waals surface area contributed by atoms with Gasteiger partial charge in [-0.2, -0.15) is 5.26 Å². The maximum Gasteiger partial charge on any atom is 0.247 e. The zero-order valence-corrected chi connectivity index (χ0v) is 16.8. The molecule has 0 unspecified atom stereocenters. The lowest BCUT2D eigenvalue weighted by molar-refractivity contribution is -0.121. The number of nitrogens with zero attached hydrogens (tertiary/aromatic N) is 3. The van der Waals surface area contributed by atoms with Crippen LogP contribution >= 0.6 is 11.8 Å². The second-order valence-electron chi connectivity index (χ2n) is 6.66. The van der Waals surface area contributed by atoms with Crippen LogP contribution in [0.15, 0.2) is 41.4 Å². The number of ether oxygens (including phenoxy) is 1. The van der Waals surface area contributed by atoms with Crippen molar-refractivity contribution in [1.29, 1.82) is 5.26 Å². The summed E-state index contributed by atoms with van der Waals surface area (Å²) < 4.78 is 5.40. The van der Waals surface area contributed by atoms with Crippen molar-refractivity contribution in [2.75, 3.05) is 11.5 Å². The van der Waals surface area contributed by atoms with E-state index in [4.69, 9.17) is 4.74 Å². The highest BCUT2D eigenvalue weighted by Gasteiger charge is 2.40. The Kier molecular flexibility index (Phi) is 6.00. The van der Waals surface area contributed by atoms with Gasteiger partial charge in [-0.25, -0.2) is 9.88 Å². The molecular weight excluding hydrogens is 374 g/mol. The molecule has 1 aliphatic heterocycles. The number of nitriles is 1. The van der Waals surface area contributed by atoms with Gasteiger partial charge in [0, 0.05) is 12.1 Å².